The van der Waals surface area contributed by atoms with Crippen LogP contribution in [0.3, 0.4) is 0 Å². The zero-order chi connectivity index (χ0) is 35.2. The van der Waals surface area contributed by atoms with Gasteiger partial charge in [-0.05, 0) is 71.4 Å². The van der Waals surface area contributed by atoms with Gasteiger partial charge in [0.25, 0.3) is 0 Å². The lowest BCUT2D eigenvalue weighted by Crippen LogP contribution is -2.07. The largest absolute Gasteiger partial charge is 0.309 e. The molecular formula is C48H27N5. The highest BCUT2D eigenvalue weighted by atomic mass is 15.1. The molecule has 0 aliphatic carbocycles. The van der Waals surface area contributed by atoms with Crippen LogP contribution in [0.1, 0.15) is 11.1 Å². The average molecular weight is 674 g/mol. The molecule has 0 spiro atoms. The van der Waals surface area contributed by atoms with E-state index in [9.17, 15) is 10.5 Å². The fourth-order valence-electron chi connectivity index (χ4n) is 8.72. The molecule has 3 heterocycles. The molecular weight excluding hydrogens is 647 g/mol. The van der Waals surface area contributed by atoms with Crippen LogP contribution in [-0.4, -0.2) is 13.7 Å². The molecule has 5 heteroatoms. The number of para-hydroxylation sites is 4. The third-order valence-electron chi connectivity index (χ3n) is 10.9. The maximum atomic E-state index is 10.8. The predicted molar refractivity (Wildman–Crippen MR) is 216 cm³/mol. The molecule has 0 fully saturated rings. The van der Waals surface area contributed by atoms with Crippen molar-refractivity contribution in [3.05, 3.63) is 175 Å². The highest BCUT2D eigenvalue weighted by molar-refractivity contribution is 6.22. The Hall–Kier alpha value is -7.60. The topological polar surface area (TPSA) is 62.4 Å². The summed E-state index contributed by atoms with van der Waals surface area (Å²) >= 11 is 0. The summed E-state index contributed by atoms with van der Waals surface area (Å²) < 4.78 is 6.81. The van der Waals surface area contributed by atoms with Gasteiger partial charge in [-0.3, -0.25) is 0 Å². The van der Waals surface area contributed by atoms with Gasteiger partial charge in [-0.25, -0.2) is 0 Å². The van der Waals surface area contributed by atoms with Crippen molar-refractivity contribution < 1.29 is 0 Å². The lowest BCUT2D eigenvalue weighted by atomic mass is 10.0. The van der Waals surface area contributed by atoms with Crippen molar-refractivity contribution in [2.24, 2.45) is 0 Å². The molecule has 0 saturated carbocycles. The quantitative estimate of drug-likeness (QED) is 0.187. The summed E-state index contributed by atoms with van der Waals surface area (Å²) in [5, 5.41) is 30.3. The SMILES string of the molecule is N#Cc1cc(C#N)c(-n2c3ccccc3c3ccccc32)c(-n2c3ccc(-n4c5ccccc5c5ccccc54)cc3c3c4ccccc4ccc32)c1. The van der Waals surface area contributed by atoms with Crippen molar-refractivity contribution in [1.29, 1.82) is 10.5 Å². The van der Waals surface area contributed by atoms with Crippen LogP contribution in [-0.2, 0) is 0 Å². The molecule has 0 radical (unpaired) electrons. The summed E-state index contributed by atoms with van der Waals surface area (Å²) in [5.74, 6) is 0. The standard InChI is InChI=1S/C48H27N5/c49-28-30-25-32(29-50)48(53-42-19-9-5-15-37(42)38-16-6-10-20-43(38)53)46(26-30)52-44-24-22-33(27-39(44)47-34-12-2-1-11-31(34)21-23-45(47)52)51-40-17-7-3-13-35(40)36-14-4-8-18-41(36)51/h1-27H. The van der Waals surface area contributed by atoms with E-state index in [0.29, 0.717) is 11.1 Å². The molecule has 11 rings (SSSR count). The maximum Gasteiger partial charge on any atom is 0.101 e. The van der Waals surface area contributed by atoms with Crippen LogP contribution in [0, 0.1) is 22.7 Å². The molecule has 0 unspecified atom stereocenters. The smallest absolute Gasteiger partial charge is 0.101 e. The first-order chi connectivity index (χ1) is 26.2. The number of rotatable bonds is 3. The van der Waals surface area contributed by atoms with E-state index in [1.165, 1.54) is 10.8 Å². The van der Waals surface area contributed by atoms with Crippen molar-refractivity contribution in [3.8, 4) is 29.2 Å². The Balaban J connectivity index is 1.31. The van der Waals surface area contributed by atoms with Crippen LogP contribution in [0.25, 0.3) is 93.3 Å². The average Bonchev–Trinajstić information content (AvgIpc) is 3.86. The zero-order valence-electron chi connectivity index (χ0n) is 28.3. The second kappa shape index (κ2) is 10.9. The van der Waals surface area contributed by atoms with E-state index < -0.39 is 0 Å². The van der Waals surface area contributed by atoms with Gasteiger partial charge in [0.05, 0.1) is 61.7 Å². The molecule has 0 saturated heterocycles. The third-order valence-corrected chi connectivity index (χ3v) is 10.9. The van der Waals surface area contributed by atoms with Crippen LogP contribution in [0.5, 0.6) is 0 Å². The van der Waals surface area contributed by atoms with Crippen molar-refractivity contribution in [3.63, 3.8) is 0 Å². The van der Waals surface area contributed by atoms with E-state index in [-0.39, 0.29) is 0 Å². The third kappa shape index (κ3) is 3.99. The Morgan fingerprint density at radius 2 is 0.887 bits per heavy atom. The summed E-state index contributed by atoms with van der Waals surface area (Å²) in [7, 11) is 0. The molecule has 244 valence electrons. The van der Waals surface area contributed by atoms with Gasteiger partial charge in [-0.15, -0.1) is 0 Å². The van der Waals surface area contributed by atoms with Crippen LogP contribution < -0.4 is 0 Å². The normalized spacial score (nSPS) is 11.7. The summed E-state index contributed by atoms with van der Waals surface area (Å²) in [6.07, 6.45) is 0. The number of aromatic nitrogens is 3. The minimum atomic E-state index is 0.429. The molecule has 8 aromatic carbocycles. The van der Waals surface area contributed by atoms with E-state index in [0.717, 1.165) is 82.5 Å². The number of benzene rings is 8. The van der Waals surface area contributed by atoms with Gasteiger partial charge in [0.15, 0.2) is 0 Å². The maximum absolute atomic E-state index is 10.8. The van der Waals surface area contributed by atoms with E-state index in [2.05, 4.69) is 165 Å². The van der Waals surface area contributed by atoms with Gasteiger partial charge in [-0.1, -0.05) is 103 Å². The van der Waals surface area contributed by atoms with Gasteiger partial charge in [-0.2, -0.15) is 10.5 Å². The lowest BCUT2D eigenvalue weighted by molar-refractivity contribution is 1.08. The summed E-state index contributed by atoms with van der Waals surface area (Å²) in [6, 6.07) is 61.9. The Bertz CT molecular complexity index is 3320. The van der Waals surface area contributed by atoms with Gasteiger partial charge >= 0.3 is 0 Å². The van der Waals surface area contributed by atoms with E-state index in [4.69, 9.17) is 0 Å². The van der Waals surface area contributed by atoms with Gasteiger partial charge < -0.3 is 13.7 Å². The summed E-state index contributed by atoms with van der Waals surface area (Å²) in [4.78, 5) is 0. The molecule has 0 atom stereocenters. The van der Waals surface area contributed by atoms with Crippen LogP contribution >= 0.6 is 0 Å². The van der Waals surface area contributed by atoms with Gasteiger partial charge in [0.1, 0.15) is 6.07 Å². The Morgan fingerprint density at radius 1 is 0.377 bits per heavy atom. The number of nitriles is 2. The zero-order valence-corrected chi connectivity index (χ0v) is 28.3. The highest BCUT2D eigenvalue weighted by Gasteiger charge is 2.24. The molecule has 53 heavy (non-hydrogen) atoms. The minimum absolute atomic E-state index is 0.429. The van der Waals surface area contributed by atoms with Crippen LogP contribution in [0.2, 0.25) is 0 Å². The molecule has 5 nitrogen and oxygen atoms in total. The highest BCUT2D eigenvalue weighted by Crippen LogP contribution is 2.43. The number of hydrogen-bond acceptors (Lipinski definition) is 2. The van der Waals surface area contributed by atoms with Gasteiger partial charge in [0.2, 0.25) is 0 Å². The van der Waals surface area contributed by atoms with Crippen LogP contribution in [0.15, 0.2) is 164 Å². The second-order valence-electron chi connectivity index (χ2n) is 13.6. The fourth-order valence-corrected chi connectivity index (χ4v) is 8.72. The Kier molecular flexibility index (Phi) is 6.02. The molecule has 11 aromatic rings. The molecule has 0 N–H and O–H groups in total. The second-order valence-corrected chi connectivity index (χ2v) is 13.6. The first-order valence-electron chi connectivity index (χ1n) is 17.6. The van der Waals surface area contributed by atoms with Gasteiger partial charge in [0, 0.05) is 38.0 Å². The first kappa shape index (κ1) is 29.2. The number of hydrogen-bond donors (Lipinski definition) is 0. The minimum Gasteiger partial charge on any atom is -0.309 e. The molecule has 0 aliphatic rings. The van der Waals surface area contributed by atoms with E-state index in [1.807, 2.05) is 18.2 Å². The van der Waals surface area contributed by atoms with Crippen LogP contribution in [0.4, 0.5) is 0 Å². The van der Waals surface area contributed by atoms with Crippen molar-refractivity contribution in [1.82, 2.24) is 13.7 Å². The van der Waals surface area contributed by atoms with Crippen molar-refractivity contribution >= 4 is 76.2 Å². The van der Waals surface area contributed by atoms with Crippen molar-refractivity contribution in [2.45, 2.75) is 0 Å². The predicted octanol–water partition coefficient (Wildman–Crippen LogP) is 11.9. The molecule has 0 aliphatic heterocycles. The fraction of sp³-hybridized carbons (Fsp3) is 0. The summed E-state index contributed by atoms with van der Waals surface area (Å²) in [6.45, 7) is 0. The van der Waals surface area contributed by atoms with Crippen molar-refractivity contribution in [2.75, 3.05) is 0 Å². The number of fused-ring (bicyclic) bond motifs is 11. The lowest BCUT2D eigenvalue weighted by Gasteiger charge is -2.19. The molecule has 3 aromatic heterocycles. The Labute approximate surface area is 303 Å². The van der Waals surface area contributed by atoms with E-state index in [1.54, 1.807) is 6.07 Å². The monoisotopic (exact) mass is 673 g/mol. The Morgan fingerprint density at radius 3 is 1.47 bits per heavy atom. The van der Waals surface area contributed by atoms with E-state index >= 15 is 0 Å². The molecule has 0 bridgehead atoms. The molecule has 0 amide bonds. The first-order valence-corrected chi connectivity index (χ1v) is 17.6. The summed E-state index contributed by atoms with van der Waals surface area (Å²) in [5.41, 5.74) is 9.71. The number of nitrogens with zero attached hydrogens (tertiary/aromatic N) is 5.